The van der Waals surface area contributed by atoms with Crippen molar-refractivity contribution in [2.24, 2.45) is 4.99 Å². The van der Waals surface area contributed by atoms with Crippen LogP contribution in [0.25, 0.3) is 10.9 Å². The molecule has 1 heterocycles. The van der Waals surface area contributed by atoms with E-state index in [2.05, 4.69) is 65.3 Å². The lowest BCUT2D eigenvalue weighted by Gasteiger charge is -2.11. The standard InChI is InChI=1S/C21H23N3/c1-4-24(3)15-22-20-14-19-12-8-11-18(21(19)23-16(20)2)13-17-9-6-5-7-10-17/h5-12,14-15H,4,13H2,1-3H3/b22-15+. The fourth-order valence-electron chi connectivity index (χ4n) is 2.67. The molecule has 0 aliphatic rings. The molecule has 0 saturated heterocycles. The van der Waals surface area contributed by atoms with Crippen LogP contribution in [0.1, 0.15) is 23.7 Å². The molecule has 3 aromatic rings. The lowest BCUT2D eigenvalue weighted by molar-refractivity contribution is 0.552. The van der Waals surface area contributed by atoms with E-state index in [1.807, 2.05) is 26.4 Å². The van der Waals surface area contributed by atoms with E-state index < -0.39 is 0 Å². The van der Waals surface area contributed by atoms with Gasteiger partial charge in [0.1, 0.15) is 0 Å². The second-order valence-electron chi connectivity index (χ2n) is 6.06. The minimum atomic E-state index is 0.895. The van der Waals surface area contributed by atoms with Gasteiger partial charge in [0.25, 0.3) is 0 Å². The van der Waals surface area contributed by atoms with Gasteiger partial charge in [0.15, 0.2) is 0 Å². The number of pyridine rings is 1. The smallest absolute Gasteiger partial charge is 0.0910 e. The van der Waals surface area contributed by atoms with E-state index in [1.54, 1.807) is 0 Å². The summed E-state index contributed by atoms with van der Waals surface area (Å²) in [7, 11) is 2.02. The first kappa shape index (κ1) is 16.2. The summed E-state index contributed by atoms with van der Waals surface area (Å²) in [4.78, 5) is 11.5. The first-order valence-corrected chi connectivity index (χ1v) is 8.35. The summed E-state index contributed by atoms with van der Waals surface area (Å²) in [6.45, 7) is 5.06. The Morgan fingerprint density at radius 3 is 2.62 bits per heavy atom. The summed E-state index contributed by atoms with van der Waals surface area (Å²) in [5.74, 6) is 0. The number of benzene rings is 2. The number of fused-ring (bicyclic) bond motifs is 1. The van der Waals surface area contributed by atoms with E-state index in [0.29, 0.717) is 0 Å². The Labute approximate surface area is 143 Å². The molecular weight excluding hydrogens is 294 g/mol. The molecule has 24 heavy (non-hydrogen) atoms. The average molecular weight is 317 g/mol. The van der Waals surface area contributed by atoms with Crippen LogP contribution in [0.3, 0.4) is 0 Å². The maximum Gasteiger partial charge on any atom is 0.0910 e. The highest BCUT2D eigenvalue weighted by Crippen LogP contribution is 2.26. The van der Waals surface area contributed by atoms with Crippen molar-refractivity contribution in [3.63, 3.8) is 0 Å². The van der Waals surface area contributed by atoms with E-state index in [9.17, 15) is 0 Å². The van der Waals surface area contributed by atoms with Crippen LogP contribution >= 0.6 is 0 Å². The molecule has 0 atom stereocenters. The van der Waals surface area contributed by atoms with Gasteiger partial charge in [-0.05, 0) is 37.5 Å². The molecule has 0 spiro atoms. The predicted molar refractivity (Wildman–Crippen MR) is 102 cm³/mol. The highest BCUT2D eigenvalue weighted by Gasteiger charge is 2.07. The normalized spacial score (nSPS) is 11.3. The Kier molecular flexibility index (Phi) is 4.90. The molecule has 3 heteroatoms. The molecule has 0 N–H and O–H groups in total. The number of aromatic nitrogens is 1. The van der Waals surface area contributed by atoms with Gasteiger partial charge in [0.2, 0.25) is 0 Å². The van der Waals surface area contributed by atoms with Crippen molar-refractivity contribution in [2.45, 2.75) is 20.3 Å². The number of aryl methyl sites for hydroxylation is 1. The Morgan fingerprint density at radius 2 is 1.88 bits per heavy atom. The molecular formula is C21H23N3. The minimum absolute atomic E-state index is 0.895. The summed E-state index contributed by atoms with van der Waals surface area (Å²) < 4.78 is 0. The van der Waals surface area contributed by atoms with Gasteiger partial charge < -0.3 is 4.90 Å². The lowest BCUT2D eigenvalue weighted by Crippen LogP contribution is -2.14. The van der Waals surface area contributed by atoms with Crippen molar-refractivity contribution >= 4 is 22.9 Å². The fraction of sp³-hybridized carbons (Fsp3) is 0.238. The molecule has 3 rings (SSSR count). The average Bonchev–Trinajstić information content (AvgIpc) is 2.61. The monoisotopic (exact) mass is 317 g/mol. The molecule has 0 bridgehead atoms. The van der Waals surface area contributed by atoms with E-state index in [4.69, 9.17) is 4.98 Å². The van der Waals surface area contributed by atoms with Crippen LogP contribution in [-0.2, 0) is 6.42 Å². The Morgan fingerprint density at radius 1 is 1.08 bits per heavy atom. The Bertz CT molecular complexity index is 854. The zero-order chi connectivity index (χ0) is 16.9. The molecule has 2 aromatic carbocycles. The van der Waals surface area contributed by atoms with Crippen molar-refractivity contribution in [3.05, 3.63) is 71.4 Å². The number of nitrogens with zero attached hydrogens (tertiary/aromatic N) is 3. The minimum Gasteiger partial charge on any atom is -0.366 e. The zero-order valence-corrected chi connectivity index (χ0v) is 14.5. The van der Waals surface area contributed by atoms with Gasteiger partial charge in [-0.25, -0.2) is 4.99 Å². The Hall–Kier alpha value is -2.68. The molecule has 0 aliphatic heterocycles. The fourth-order valence-corrected chi connectivity index (χ4v) is 2.67. The molecule has 1 aromatic heterocycles. The second kappa shape index (κ2) is 7.26. The summed E-state index contributed by atoms with van der Waals surface area (Å²) >= 11 is 0. The van der Waals surface area contributed by atoms with Crippen molar-refractivity contribution in [1.82, 2.24) is 9.88 Å². The number of hydrogen-bond acceptors (Lipinski definition) is 2. The maximum absolute atomic E-state index is 4.84. The molecule has 122 valence electrons. The molecule has 0 radical (unpaired) electrons. The van der Waals surface area contributed by atoms with Crippen molar-refractivity contribution in [2.75, 3.05) is 13.6 Å². The van der Waals surface area contributed by atoms with E-state index in [1.165, 1.54) is 11.1 Å². The van der Waals surface area contributed by atoms with Gasteiger partial charge in [-0.3, -0.25) is 4.98 Å². The van der Waals surface area contributed by atoms with Gasteiger partial charge in [-0.15, -0.1) is 0 Å². The quantitative estimate of drug-likeness (QED) is 0.502. The number of rotatable bonds is 5. The van der Waals surface area contributed by atoms with Gasteiger partial charge in [-0.1, -0.05) is 48.5 Å². The van der Waals surface area contributed by atoms with Crippen LogP contribution in [0.4, 0.5) is 5.69 Å². The largest absolute Gasteiger partial charge is 0.366 e. The van der Waals surface area contributed by atoms with Gasteiger partial charge in [0.05, 0.1) is 23.2 Å². The van der Waals surface area contributed by atoms with Crippen molar-refractivity contribution in [3.8, 4) is 0 Å². The number of aliphatic imine (C=N–C) groups is 1. The first-order chi connectivity index (χ1) is 11.7. The van der Waals surface area contributed by atoms with Gasteiger partial charge in [-0.2, -0.15) is 0 Å². The molecule has 0 unspecified atom stereocenters. The summed E-state index contributed by atoms with van der Waals surface area (Å²) in [6, 6.07) is 19.0. The highest BCUT2D eigenvalue weighted by atomic mass is 15.1. The van der Waals surface area contributed by atoms with Crippen LogP contribution in [0.5, 0.6) is 0 Å². The van der Waals surface area contributed by atoms with Crippen molar-refractivity contribution < 1.29 is 0 Å². The van der Waals surface area contributed by atoms with E-state index >= 15 is 0 Å². The summed E-state index contributed by atoms with van der Waals surface area (Å²) in [6.07, 6.45) is 2.76. The second-order valence-corrected chi connectivity index (χ2v) is 6.06. The van der Waals surface area contributed by atoms with Crippen LogP contribution in [0, 0.1) is 6.92 Å². The SMILES string of the molecule is CCN(C)/C=N/c1cc2cccc(Cc3ccccc3)c2nc1C. The summed E-state index contributed by atoms with van der Waals surface area (Å²) in [5.41, 5.74) is 5.52. The molecule has 0 amide bonds. The van der Waals surface area contributed by atoms with Gasteiger partial charge >= 0.3 is 0 Å². The maximum atomic E-state index is 4.84. The first-order valence-electron chi connectivity index (χ1n) is 8.35. The lowest BCUT2D eigenvalue weighted by atomic mass is 10.0. The number of hydrogen-bond donors (Lipinski definition) is 0. The molecule has 0 saturated carbocycles. The topological polar surface area (TPSA) is 28.5 Å². The molecule has 3 nitrogen and oxygen atoms in total. The van der Waals surface area contributed by atoms with Crippen LogP contribution in [-0.4, -0.2) is 29.8 Å². The number of para-hydroxylation sites is 1. The van der Waals surface area contributed by atoms with E-state index in [-0.39, 0.29) is 0 Å². The predicted octanol–water partition coefficient (Wildman–Crippen LogP) is 4.75. The van der Waals surface area contributed by atoms with E-state index in [0.717, 1.165) is 35.2 Å². The zero-order valence-electron chi connectivity index (χ0n) is 14.5. The van der Waals surface area contributed by atoms with Crippen LogP contribution in [0.15, 0.2) is 59.6 Å². The van der Waals surface area contributed by atoms with Gasteiger partial charge in [0, 0.05) is 19.0 Å². The highest BCUT2D eigenvalue weighted by molar-refractivity contribution is 5.85. The van der Waals surface area contributed by atoms with Crippen molar-refractivity contribution in [1.29, 1.82) is 0 Å². The third-order valence-corrected chi connectivity index (χ3v) is 4.22. The molecule has 0 aliphatic carbocycles. The third-order valence-electron chi connectivity index (χ3n) is 4.22. The third kappa shape index (κ3) is 3.62. The molecule has 0 fully saturated rings. The summed E-state index contributed by atoms with van der Waals surface area (Å²) in [5, 5.41) is 1.14. The van der Waals surface area contributed by atoms with Crippen LogP contribution in [0.2, 0.25) is 0 Å². The van der Waals surface area contributed by atoms with Crippen LogP contribution < -0.4 is 0 Å². The Balaban J connectivity index is 1.99.